The minimum atomic E-state index is -0.798. The molecule has 0 saturated carbocycles. The summed E-state index contributed by atoms with van der Waals surface area (Å²) in [5, 5.41) is 11.9. The van der Waals surface area contributed by atoms with Crippen molar-refractivity contribution >= 4 is 23.2 Å². The summed E-state index contributed by atoms with van der Waals surface area (Å²) in [5.41, 5.74) is 3.62. The van der Waals surface area contributed by atoms with E-state index in [1.54, 1.807) is 18.2 Å². The molecule has 7 heteroatoms. The zero-order valence-corrected chi connectivity index (χ0v) is 21.5. The summed E-state index contributed by atoms with van der Waals surface area (Å²) in [5.74, 6) is 0.741. The maximum absolute atomic E-state index is 13.2. The zero-order chi connectivity index (χ0) is 25.3. The molecule has 2 aromatic carbocycles. The molecule has 2 aliphatic rings. The van der Waals surface area contributed by atoms with Gasteiger partial charge in [-0.2, -0.15) is 0 Å². The molecule has 0 aliphatic carbocycles. The molecular formula is C29H32ClN3O3. The van der Waals surface area contributed by atoms with Crippen LogP contribution in [0.2, 0.25) is 5.02 Å². The number of carbonyl (C=O) groups excluding carboxylic acids is 1. The maximum atomic E-state index is 13.2. The smallest absolute Gasteiger partial charge is 0.276 e. The van der Waals surface area contributed by atoms with E-state index in [-0.39, 0.29) is 11.8 Å². The lowest BCUT2D eigenvalue weighted by Gasteiger charge is -2.38. The van der Waals surface area contributed by atoms with Crippen molar-refractivity contribution in [2.75, 3.05) is 38.7 Å². The number of rotatable bonds is 6. The van der Waals surface area contributed by atoms with Gasteiger partial charge in [0.1, 0.15) is 11.4 Å². The lowest BCUT2D eigenvalue weighted by atomic mass is 9.84. The Morgan fingerprint density at radius 1 is 1.11 bits per heavy atom. The number of pyridine rings is 1. The highest BCUT2D eigenvalue weighted by atomic mass is 35.5. The number of fused-ring (bicyclic) bond motifs is 2. The van der Waals surface area contributed by atoms with Crippen LogP contribution in [0.4, 0.5) is 5.69 Å². The SMILES string of the molecule is COc1ccc2c(c1)C(CCCN1CCC(O)(c3ccc(Cl)cc3)CC1)c1cccnc1C(=O)N2C. The first-order valence-corrected chi connectivity index (χ1v) is 12.9. The van der Waals surface area contributed by atoms with Gasteiger partial charge in [-0.1, -0.05) is 29.8 Å². The number of nitrogens with zero attached hydrogens (tertiary/aromatic N) is 3. The van der Waals surface area contributed by atoms with Crippen LogP contribution < -0.4 is 9.64 Å². The molecule has 1 aromatic heterocycles. The number of halogens is 1. The molecule has 1 fully saturated rings. The van der Waals surface area contributed by atoms with Gasteiger partial charge in [-0.3, -0.25) is 9.78 Å². The second-order valence-electron chi connectivity index (χ2n) is 9.81. The molecule has 0 bridgehead atoms. The molecule has 3 aromatic rings. The van der Waals surface area contributed by atoms with E-state index >= 15 is 0 Å². The Labute approximate surface area is 217 Å². The van der Waals surface area contributed by atoms with Crippen molar-refractivity contribution in [3.05, 3.63) is 88.2 Å². The second-order valence-corrected chi connectivity index (χ2v) is 10.2. The number of benzene rings is 2. The average molecular weight is 506 g/mol. The summed E-state index contributed by atoms with van der Waals surface area (Å²) in [4.78, 5) is 21.8. The van der Waals surface area contributed by atoms with E-state index in [1.807, 2.05) is 55.6 Å². The van der Waals surface area contributed by atoms with Crippen LogP contribution in [0.1, 0.15) is 58.8 Å². The predicted octanol–water partition coefficient (Wildman–Crippen LogP) is 5.23. The number of hydrogen-bond donors (Lipinski definition) is 1. The van der Waals surface area contributed by atoms with Crippen LogP contribution in [0.25, 0.3) is 0 Å². The fourth-order valence-electron chi connectivity index (χ4n) is 5.58. The molecule has 2 aliphatic heterocycles. The Hall–Kier alpha value is -2.93. The molecule has 0 radical (unpaired) electrons. The Kier molecular flexibility index (Phi) is 7.02. The van der Waals surface area contributed by atoms with Crippen LogP contribution >= 0.6 is 11.6 Å². The third-order valence-corrected chi connectivity index (χ3v) is 7.98. The minimum absolute atomic E-state index is 0.0449. The molecular weight excluding hydrogens is 474 g/mol. The Balaban J connectivity index is 1.31. The summed E-state index contributed by atoms with van der Waals surface area (Å²) >= 11 is 6.02. The lowest BCUT2D eigenvalue weighted by Crippen LogP contribution is -2.42. The second kappa shape index (κ2) is 10.2. The summed E-state index contributed by atoms with van der Waals surface area (Å²) in [6, 6.07) is 17.4. The molecule has 1 N–H and O–H groups in total. The van der Waals surface area contributed by atoms with Crippen LogP contribution in [-0.2, 0) is 5.60 Å². The summed E-state index contributed by atoms with van der Waals surface area (Å²) in [6.45, 7) is 2.62. The molecule has 1 saturated heterocycles. The fraction of sp³-hybridized carbons (Fsp3) is 0.379. The number of anilines is 1. The summed E-state index contributed by atoms with van der Waals surface area (Å²) in [6.07, 6.45) is 4.94. The highest BCUT2D eigenvalue weighted by molar-refractivity contribution is 6.30. The van der Waals surface area contributed by atoms with Crippen molar-refractivity contribution in [2.45, 2.75) is 37.2 Å². The highest BCUT2D eigenvalue weighted by Gasteiger charge is 2.35. The normalized spacial score (nSPS) is 19.4. The van der Waals surface area contributed by atoms with Crippen LogP contribution in [-0.4, -0.2) is 54.7 Å². The van der Waals surface area contributed by atoms with Crippen molar-refractivity contribution in [3.8, 4) is 5.75 Å². The van der Waals surface area contributed by atoms with E-state index < -0.39 is 5.60 Å². The van der Waals surface area contributed by atoms with Gasteiger partial charge >= 0.3 is 0 Å². The van der Waals surface area contributed by atoms with Crippen molar-refractivity contribution in [2.24, 2.45) is 0 Å². The van der Waals surface area contributed by atoms with Crippen molar-refractivity contribution in [1.82, 2.24) is 9.88 Å². The van der Waals surface area contributed by atoms with Crippen LogP contribution in [0.5, 0.6) is 5.75 Å². The van der Waals surface area contributed by atoms with Gasteiger partial charge in [-0.05, 0) is 85.3 Å². The average Bonchev–Trinajstić information content (AvgIpc) is 2.99. The molecule has 1 unspecified atom stereocenters. The van der Waals surface area contributed by atoms with E-state index in [2.05, 4.69) is 16.0 Å². The summed E-state index contributed by atoms with van der Waals surface area (Å²) in [7, 11) is 3.48. The van der Waals surface area contributed by atoms with Gasteiger partial charge in [0.2, 0.25) is 0 Å². The number of amides is 1. The summed E-state index contributed by atoms with van der Waals surface area (Å²) < 4.78 is 5.52. The van der Waals surface area contributed by atoms with E-state index in [0.717, 1.165) is 60.6 Å². The lowest BCUT2D eigenvalue weighted by molar-refractivity contribution is -0.0261. The maximum Gasteiger partial charge on any atom is 0.276 e. The third-order valence-electron chi connectivity index (χ3n) is 7.72. The van der Waals surface area contributed by atoms with E-state index in [1.165, 1.54) is 0 Å². The molecule has 188 valence electrons. The zero-order valence-electron chi connectivity index (χ0n) is 20.8. The molecule has 3 heterocycles. The Morgan fingerprint density at radius 3 is 2.58 bits per heavy atom. The topological polar surface area (TPSA) is 65.9 Å². The third kappa shape index (κ3) is 4.73. The number of carbonyl (C=O) groups is 1. The fourth-order valence-corrected chi connectivity index (χ4v) is 5.71. The van der Waals surface area contributed by atoms with Crippen molar-refractivity contribution < 1.29 is 14.6 Å². The molecule has 1 atom stereocenters. The van der Waals surface area contributed by atoms with Crippen LogP contribution in [0.3, 0.4) is 0 Å². The first-order chi connectivity index (χ1) is 17.4. The van der Waals surface area contributed by atoms with Crippen molar-refractivity contribution in [3.63, 3.8) is 0 Å². The van der Waals surface area contributed by atoms with Gasteiger partial charge in [-0.15, -0.1) is 0 Å². The van der Waals surface area contributed by atoms with Gasteiger partial charge in [0.25, 0.3) is 5.91 Å². The standard InChI is InChI=1S/C29H32ClN3O3/c1-32-26-12-11-22(36-2)19-25(26)23(24-5-3-15-31-27(24)28(32)34)6-4-16-33-17-13-29(35,14-18-33)20-7-9-21(30)10-8-20/h3,5,7-12,15,19,23,35H,4,6,13-14,16-18H2,1-2H3. The number of methoxy groups -OCH3 is 1. The van der Waals surface area contributed by atoms with E-state index in [0.29, 0.717) is 23.6 Å². The van der Waals surface area contributed by atoms with Gasteiger partial charge < -0.3 is 19.6 Å². The first-order valence-electron chi connectivity index (χ1n) is 12.5. The number of aromatic nitrogens is 1. The van der Waals surface area contributed by atoms with Gasteiger partial charge in [-0.25, -0.2) is 0 Å². The highest BCUT2D eigenvalue weighted by Crippen LogP contribution is 2.42. The number of piperidine rings is 1. The largest absolute Gasteiger partial charge is 0.497 e. The molecule has 0 spiro atoms. The first kappa shape index (κ1) is 24.8. The van der Waals surface area contributed by atoms with Gasteiger partial charge in [0, 0.05) is 43.0 Å². The van der Waals surface area contributed by atoms with Crippen LogP contribution in [0.15, 0.2) is 60.8 Å². The molecule has 36 heavy (non-hydrogen) atoms. The van der Waals surface area contributed by atoms with Gasteiger partial charge in [0.15, 0.2) is 0 Å². The van der Waals surface area contributed by atoms with Gasteiger partial charge in [0.05, 0.1) is 12.7 Å². The van der Waals surface area contributed by atoms with E-state index in [4.69, 9.17) is 16.3 Å². The molecule has 6 nitrogen and oxygen atoms in total. The number of hydrogen-bond acceptors (Lipinski definition) is 5. The van der Waals surface area contributed by atoms with Crippen molar-refractivity contribution in [1.29, 1.82) is 0 Å². The quantitative estimate of drug-likeness (QED) is 0.497. The Morgan fingerprint density at radius 2 is 1.86 bits per heavy atom. The van der Waals surface area contributed by atoms with Crippen LogP contribution in [0, 0.1) is 0 Å². The number of ether oxygens (including phenoxy) is 1. The molecule has 5 rings (SSSR count). The minimum Gasteiger partial charge on any atom is -0.497 e. The number of aliphatic hydroxyl groups is 1. The Bertz CT molecular complexity index is 1240. The number of likely N-dealkylation sites (tertiary alicyclic amines) is 1. The molecule has 1 amide bonds. The monoisotopic (exact) mass is 505 g/mol. The predicted molar refractivity (Wildman–Crippen MR) is 142 cm³/mol. The van der Waals surface area contributed by atoms with E-state index in [9.17, 15) is 9.90 Å².